The van der Waals surface area contributed by atoms with E-state index in [0.29, 0.717) is 19.8 Å². The van der Waals surface area contributed by atoms with Crippen LogP contribution in [0.15, 0.2) is 12.7 Å². The molecule has 0 rings (SSSR count). The zero-order valence-corrected chi connectivity index (χ0v) is 8.87. The van der Waals surface area contributed by atoms with E-state index in [1.807, 2.05) is 0 Å². The van der Waals surface area contributed by atoms with Crippen LogP contribution in [0.25, 0.3) is 0 Å². The third-order valence-electron chi connectivity index (χ3n) is 1.63. The Morgan fingerprint density at radius 2 is 2.36 bits per heavy atom. The molecule has 1 atom stereocenters. The Balaban J connectivity index is 3.09. The molecule has 84 valence electrons. The summed E-state index contributed by atoms with van der Waals surface area (Å²) in [7, 11) is 1.68. The van der Waals surface area contributed by atoms with Gasteiger partial charge in [-0.25, -0.2) is 0 Å². The van der Waals surface area contributed by atoms with Crippen molar-refractivity contribution in [3.63, 3.8) is 0 Å². The molecule has 0 radical (unpaired) electrons. The summed E-state index contributed by atoms with van der Waals surface area (Å²) in [4.78, 5) is 0. The smallest absolute Gasteiger partial charge is 0.0897 e. The molecule has 0 fully saturated rings. The predicted octanol–water partition coefficient (Wildman–Crippen LogP) is 0.176. The first kappa shape index (κ1) is 13.6. The van der Waals surface area contributed by atoms with Gasteiger partial charge in [0.25, 0.3) is 0 Å². The lowest BCUT2D eigenvalue weighted by atomic mass is 10.3. The van der Waals surface area contributed by atoms with Crippen LogP contribution in [-0.4, -0.2) is 51.2 Å². The number of hydrogen-bond donors (Lipinski definition) is 2. The van der Waals surface area contributed by atoms with Crippen molar-refractivity contribution in [1.29, 1.82) is 0 Å². The highest BCUT2D eigenvalue weighted by molar-refractivity contribution is 4.65. The van der Waals surface area contributed by atoms with Gasteiger partial charge in [-0.05, 0) is 13.0 Å². The molecule has 0 aromatic rings. The summed E-state index contributed by atoms with van der Waals surface area (Å²) >= 11 is 0. The topological polar surface area (TPSA) is 50.7 Å². The van der Waals surface area contributed by atoms with Crippen LogP contribution in [0.2, 0.25) is 0 Å². The molecular formula is C10H21NO3. The van der Waals surface area contributed by atoms with Gasteiger partial charge in [0.1, 0.15) is 0 Å². The summed E-state index contributed by atoms with van der Waals surface area (Å²) in [6, 6.07) is 0. The van der Waals surface area contributed by atoms with E-state index in [0.717, 1.165) is 19.6 Å². The Bertz CT molecular complexity index is 131. The number of aliphatic hydroxyl groups is 1. The van der Waals surface area contributed by atoms with Gasteiger partial charge in [-0.15, -0.1) is 6.58 Å². The van der Waals surface area contributed by atoms with Crippen LogP contribution in [-0.2, 0) is 9.47 Å². The van der Waals surface area contributed by atoms with Gasteiger partial charge in [0, 0.05) is 20.3 Å². The molecule has 4 nitrogen and oxygen atoms in total. The lowest BCUT2D eigenvalue weighted by Crippen LogP contribution is -2.31. The van der Waals surface area contributed by atoms with E-state index in [1.54, 1.807) is 13.2 Å². The monoisotopic (exact) mass is 203 g/mol. The zero-order valence-electron chi connectivity index (χ0n) is 8.87. The number of methoxy groups -OCH3 is 1. The van der Waals surface area contributed by atoms with Gasteiger partial charge in [0.2, 0.25) is 0 Å². The maximum atomic E-state index is 9.38. The molecule has 0 unspecified atom stereocenters. The Hall–Kier alpha value is -0.420. The molecule has 0 aliphatic rings. The lowest BCUT2D eigenvalue weighted by molar-refractivity contribution is 0.0493. The molecule has 0 spiro atoms. The second-order valence-corrected chi connectivity index (χ2v) is 3.03. The Morgan fingerprint density at radius 3 is 3.00 bits per heavy atom. The van der Waals surface area contributed by atoms with Crippen LogP contribution >= 0.6 is 0 Å². The van der Waals surface area contributed by atoms with Gasteiger partial charge in [0.05, 0.1) is 19.3 Å². The van der Waals surface area contributed by atoms with E-state index >= 15 is 0 Å². The molecule has 0 heterocycles. The summed E-state index contributed by atoms with van der Waals surface area (Å²) < 4.78 is 9.98. The SMILES string of the molecule is C=CCOC[C@@H](O)CNCCCOC. The van der Waals surface area contributed by atoms with Crippen LogP contribution in [0.3, 0.4) is 0 Å². The third kappa shape index (κ3) is 9.67. The molecule has 14 heavy (non-hydrogen) atoms. The number of aliphatic hydroxyl groups excluding tert-OH is 1. The van der Waals surface area contributed by atoms with Crippen LogP contribution in [0.4, 0.5) is 0 Å². The number of nitrogens with one attached hydrogen (secondary N) is 1. The highest BCUT2D eigenvalue weighted by atomic mass is 16.5. The minimum atomic E-state index is -0.447. The first-order valence-electron chi connectivity index (χ1n) is 4.87. The molecule has 0 bridgehead atoms. The molecule has 0 aromatic heterocycles. The third-order valence-corrected chi connectivity index (χ3v) is 1.63. The van der Waals surface area contributed by atoms with Crippen molar-refractivity contribution in [2.45, 2.75) is 12.5 Å². The first-order valence-corrected chi connectivity index (χ1v) is 4.87. The molecule has 4 heteroatoms. The van der Waals surface area contributed by atoms with E-state index in [1.165, 1.54) is 0 Å². The highest BCUT2D eigenvalue weighted by Gasteiger charge is 2.01. The number of hydrogen-bond acceptors (Lipinski definition) is 4. The van der Waals surface area contributed by atoms with Gasteiger partial charge in [-0.3, -0.25) is 0 Å². The van der Waals surface area contributed by atoms with E-state index in [2.05, 4.69) is 11.9 Å². The molecule has 0 aliphatic carbocycles. The van der Waals surface area contributed by atoms with Crippen LogP contribution in [0.1, 0.15) is 6.42 Å². The number of ether oxygens (including phenoxy) is 2. The molecule has 0 aliphatic heterocycles. The van der Waals surface area contributed by atoms with Crippen molar-refractivity contribution in [1.82, 2.24) is 5.32 Å². The van der Waals surface area contributed by atoms with Gasteiger partial charge in [-0.2, -0.15) is 0 Å². The fraction of sp³-hybridized carbons (Fsp3) is 0.800. The molecule has 0 amide bonds. The van der Waals surface area contributed by atoms with Crippen molar-refractivity contribution in [2.75, 3.05) is 40.0 Å². The van der Waals surface area contributed by atoms with Crippen molar-refractivity contribution in [3.05, 3.63) is 12.7 Å². The first-order chi connectivity index (χ1) is 6.81. The standard InChI is InChI=1S/C10H21NO3/c1-3-6-14-9-10(12)8-11-5-4-7-13-2/h3,10-12H,1,4-9H2,2H3/t10-/m0/s1. The van der Waals surface area contributed by atoms with E-state index in [-0.39, 0.29) is 0 Å². The van der Waals surface area contributed by atoms with Gasteiger partial charge in [0.15, 0.2) is 0 Å². The maximum absolute atomic E-state index is 9.38. The molecule has 0 saturated carbocycles. The second kappa shape index (κ2) is 10.7. The Kier molecular flexibility index (Phi) is 10.3. The molecule has 0 aromatic carbocycles. The predicted molar refractivity (Wildman–Crippen MR) is 56.4 cm³/mol. The minimum Gasteiger partial charge on any atom is -0.389 e. The van der Waals surface area contributed by atoms with Gasteiger partial charge < -0.3 is 19.9 Å². The van der Waals surface area contributed by atoms with Crippen LogP contribution in [0.5, 0.6) is 0 Å². The minimum absolute atomic E-state index is 0.350. The summed E-state index contributed by atoms with van der Waals surface area (Å²) in [6.07, 6.45) is 2.17. The fourth-order valence-corrected chi connectivity index (χ4v) is 0.957. The maximum Gasteiger partial charge on any atom is 0.0897 e. The average Bonchev–Trinajstić information content (AvgIpc) is 2.18. The lowest BCUT2D eigenvalue weighted by Gasteiger charge is -2.11. The summed E-state index contributed by atoms with van der Waals surface area (Å²) in [6.45, 7) is 6.51. The summed E-state index contributed by atoms with van der Waals surface area (Å²) in [5.41, 5.74) is 0. The normalized spacial score (nSPS) is 12.7. The van der Waals surface area contributed by atoms with Gasteiger partial charge >= 0.3 is 0 Å². The fourth-order valence-electron chi connectivity index (χ4n) is 0.957. The quantitative estimate of drug-likeness (QED) is 0.393. The Morgan fingerprint density at radius 1 is 1.57 bits per heavy atom. The van der Waals surface area contributed by atoms with E-state index < -0.39 is 6.10 Å². The van der Waals surface area contributed by atoms with Crippen LogP contribution in [0, 0.1) is 0 Å². The van der Waals surface area contributed by atoms with Crippen molar-refractivity contribution >= 4 is 0 Å². The number of rotatable bonds is 10. The van der Waals surface area contributed by atoms with Crippen molar-refractivity contribution < 1.29 is 14.6 Å². The highest BCUT2D eigenvalue weighted by Crippen LogP contribution is 1.85. The second-order valence-electron chi connectivity index (χ2n) is 3.03. The summed E-state index contributed by atoms with van der Waals surface area (Å²) in [5, 5.41) is 12.5. The Labute approximate surface area is 85.9 Å². The molecule has 2 N–H and O–H groups in total. The van der Waals surface area contributed by atoms with Crippen molar-refractivity contribution in [2.24, 2.45) is 0 Å². The van der Waals surface area contributed by atoms with Gasteiger partial charge in [-0.1, -0.05) is 6.08 Å². The molecular weight excluding hydrogens is 182 g/mol. The molecule has 0 saturated heterocycles. The van der Waals surface area contributed by atoms with E-state index in [9.17, 15) is 5.11 Å². The largest absolute Gasteiger partial charge is 0.389 e. The average molecular weight is 203 g/mol. The summed E-state index contributed by atoms with van der Waals surface area (Å²) in [5.74, 6) is 0. The zero-order chi connectivity index (χ0) is 10.6. The van der Waals surface area contributed by atoms with Crippen molar-refractivity contribution in [3.8, 4) is 0 Å². The van der Waals surface area contributed by atoms with E-state index in [4.69, 9.17) is 9.47 Å². The van der Waals surface area contributed by atoms with Crippen LogP contribution < -0.4 is 5.32 Å².